The number of aromatic carboxylic acids is 1. The topological polar surface area (TPSA) is 78.4 Å². The van der Waals surface area contributed by atoms with Gasteiger partial charge in [0.15, 0.2) is 0 Å². The lowest BCUT2D eigenvalue weighted by Gasteiger charge is -2.22. The Morgan fingerprint density at radius 1 is 1.32 bits per heavy atom. The zero-order valence-corrected chi connectivity index (χ0v) is 10.3. The van der Waals surface area contributed by atoms with Crippen LogP contribution in [0.4, 0.5) is 10.1 Å². The zero-order chi connectivity index (χ0) is 13.8. The number of hydrogen-bond acceptors (Lipinski definition) is 3. The van der Waals surface area contributed by atoms with Crippen molar-refractivity contribution in [2.45, 2.75) is 12.8 Å². The van der Waals surface area contributed by atoms with E-state index in [2.05, 4.69) is 10.6 Å². The van der Waals surface area contributed by atoms with E-state index in [9.17, 15) is 14.0 Å². The third kappa shape index (κ3) is 3.29. The first kappa shape index (κ1) is 13.5. The molecule has 2 rings (SSSR count). The number of carboxylic acid groups (broad SMARTS) is 1. The molecular formula is C13H15FN2O3. The fraction of sp³-hybridized carbons (Fsp3) is 0.385. The molecule has 0 spiro atoms. The van der Waals surface area contributed by atoms with Crippen molar-refractivity contribution in [1.29, 1.82) is 0 Å². The third-order valence-electron chi connectivity index (χ3n) is 3.18. The number of carbonyl (C=O) groups excluding carboxylic acids is 1. The molecule has 102 valence electrons. The Morgan fingerprint density at radius 2 is 2.00 bits per heavy atom. The number of benzene rings is 1. The predicted molar refractivity (Wildman–Crippen MR) is 67.6 cm³/mol. The van der Waals surface area contributed by atoms with Crippen LogP contribution in [0.2, 0.25) is 0 Å². The van der Waals surface area contributed by atoms with Crippen LogP contribution in [0.3, 0.4) is 0 Å². The Kier molecular flexibility index (Phi) is 4.11. The van der Waals surface area contributed by atoms with Gasteiger partial charge in [0.25, 0.3) is 0 Å². The van der Waals surface area contributed by atoms with Gasteiger partial charge in [-0.2, -0.15) is 0 Å². The molecule has 1 fully saturated rings. The highest BCUT2D eigenvalue weighted by Crippen LogP contribution is 2.20. The monoisotopic (exact) mass is 266 g/mol. The van der Waals surface area contributed by atoms with Crippen LogP contribution >= 0.6 is 0 Å². The molecule has 5 nitrogen and oxygen atoms in total. The molecule has 1 aliphatic heterocycles. The predicted octanol–water partition coefficient (Wildman–Crippen LogP) is 1.46. The minimum atomic E-state index is -1.19. The molecule has 0 radical (unpaired) electrons. The van der Waals surface area contributed by atoms with E-state index < -0.39 is 11.8 Å². The van der Waals surface area contributed by atoms with Crippen LogP contribution < -0.4 is 10.6 Å². The summed E-state index contributed by atoms with van der Waals surface area (Å²) in [4.78, 5) is 23.0. The van der Waals surface area contributed by atoms with Crippen molar-refractivity contribution in [1.82, 2.24) is 5.32 Å². The van der Waals surface area contributed by atoms with Gasteiger partial charge in [0.1, 0.15) is 5.82 Å². The average Bonchev–Trinajstić information content (AvgIpc) is 2.39. The van der Waals surface area contributed by atoms with Crippen LogP contribution in [0.5, 0.6) is 0 Å². The zero-order valence-electron chi connectivity index (χ0n) is 10.3. The van der Waals surface area contributed by atoms with Crippen molar-refractivity contribution >= 4 is 17.6 Å². The molecule has 19 heavy (non-hydrogen) atoms. The molecule has 3 N–H and O–H groups in total. The summed E-state index contributed by atoms with van der Waals surface area (Å²) in [6, 6.07) is 3.24. The van der Waals surface area contributed by atoms with E-state index in [1.807, 2.05) is 0 Å². The second-order valence-corrected chi connectivity index (χ2v) is 4.51. The normalized spacial score (nSPS) is 16.1. The maximum Gasteiger partial charge on any atom is 0.337 e. The van der Waals surface area contributed by atoms with Crippen molar-refractivity contribution in [3.8, 4) is 0 Å². The number of hydrogen-bond donors (Lipinski definition) is 3. The molecular weight excluding hydrogens is 251 g/mol. The highest BCUT2D eigenvalue weighted by atomic mass is 19.1. The van der Waals surface area contributed by atoms with E-state index >= 15 is 0 Å². The van der Waals surface area contributed by atoms with E-state index in [1.165, 1.54) is 0 Å². The Hall–Kier alpha value is -1.95. The van der Waals surface area contributed by atoms with Gasteiger partial charge in [0.05, 0.1) is 11.3 Å². The largest absolute Gasteiger partial charge is 0.478 e. The van der Waals surface area contributed by atoms with Crippen molar-refractivity contribution in [2.24, 2.45) is 5.92 Å². The number of anilines is 1. The first-order valence-electron chi connectivity index (χ1n) is 6.12. The molecule has 0 aliphatic carbocycles. The Bertz CT molecular complexity index is 499. The van der Waals surface area contributed by atoms with Crippen molar-refractivity contribution < 1.29 is 19.1 Å². The van der Waals surface area contributed by atoms with Crippen molar-refractivity contribution in [3.05, 3.63) is 29.6 Å². The van der Waals surface area contributed by atoms with E-state index in [4.69, 9.17) is 5.11 Å². The molecule has 1 aromatic carbocycles. The minimum Gasteiger partial charge on any atom is -0.478 e. The molecule has 1 amide bonds. The van der Waals surface area contributed by atoms with Gasteiger partial charge in [-0.3, -0.25) is 4.79 Å². The minimum absolute atomic E-state index is 0.0102. The van der Waals surface area contributed by atoms with Crippen LogP contribution in [0, 0.1) is 11.7 Å². The highest BCUT2D eigenvalue weighted by molar-refractivity contribution is 6.01. The number of piperidine rings is 1. The van der Waals surface area contributed by atoms with Crippen LogP contribution in [-0.4, -0.2) is 30.1 Å². The number of carbonyl (C=O) groups is 2. The van der Waals surface area contributed by atoms with Gasteiger partial charge in [-0.15, -0.1) is 0 Å². The first-order chi connectivity index (χ1) is 9.08. The van der Waals surface area contributed by atoms with E-state index in [-0.39, 0.29) is 23.1 Å². The molecule has 0 unspecified atom stereocenters. The van der Waals surface area contributed by atoms with Crippen LogP contribution in [0.15, 0.2) is 18.2 Å². The van der Waals surface area contributed by atoms with E-state index in [0.29, 0.717) is 12.8 Å². The third-order valence-corrected chi connectivity index (χ3v) is 3.18. The second-order valence-electron chi connectivity index (χ2n) is 4.51. The van der Waals surface area contributed by atoms with Crippen LogP contribution in [-0.2, 0) is 4.79 Å². The Labute approximate surface area is 109 Å². The fourth-order valence-corrected chi connectivity index (χ4v) is 2.13. The van der Waals surface area contributed by atoms with Gasteiger partial charge in [-0.25, -0.2) is 9.18 Å². The molecule has 6 heteroatoms. The number of amides is 1. The molecule has 0 saturated carbocycles. The molecule has 1 aliphatic rings. The Balaban J connectivity index is 2.15. The number of halogens is 1. The molecule has 0 bridgehead atoms. The standard InChI is InChI=1S/C13H15FN2O3/c14-9-1-2-10(13(18)19)11(7-9)16-12(17)8-3-5-15-6-4-8/h1-2,7-8,15H,3-6H2,(H,16,17)(H,18,19). The van der Waals surface area contributed by atoms with Gasteiger partial charge in [-0.05, 0) is 44.1 Å². The highest BCUT2D eigenvalue weighted by Gasteiger charge is 2.22. The first-order valence-corrected chi connectivity index (χ1v) is 6.12. The summed E-state index contributed by atoms with van der Waals surface area (Å²) < 4.78 is 13.1. The summed E-state index contributed by atoms with van der Waals surface area (Å²) in [6.07, 6.45) is 1.40. The maximum atomic E-state index is 13.1. The second kappa shape index (κ2) is 5.79. The van der Waals surface area contributed by atoms with Crippen LogP contribution in [0.25, 0.3) is 0 Å². The summed E-state index contributed by atoms with van der Waals surface area (Å²) in [5.41, 5.74) is -0.0975. The van der Waals surface area contributed by atoms with E-state index in [0.717, 1.165) is 31.3 Å². The van der Waals surface area contributed by atoms with Gasteiger partial charge < -0.3 is 15.7 Å². The SMILES string of the molecule is O=C(O)c1ccc(F)cc1NC(=O)C1CCNCC1. The van der Waals surface area contributed by atoms with Crippen molar-refractivity contribution in [3.63, 3.8) is 0 Å². The quantitative estimate of drug-likeness (QED) is 0.774. The summed E-state index contributed by atoms with van der Waals surface area (Å²) in [5.74, 6) is -2.19. The summed E-state index contributed by atoms with van der Waals surface area (Å²) >= 11 is 0. The van der Waals surface area contributed by atoms with E-state index in [1.54, 1.807) is 0 Å². The maximum absolute atomic E-state index is 13.1. The smallest absolute Gasteiger partial charge is 0.337 e. The lowest BCUT2D eigenvalue weighted by atomic mass is 9.97. The lowest BCUT2D eigenvalue weighted by molar-refractivity contribution is -0.120. The Morgan fingerprint density at radius 3 is 2.63 bits per heavy atom. The van der Waals surface area contributed by atoms with Gasteiger partial charge in [-0.1, -0.05) is 0 Å². The number of nitrogens with one attached hydrogen (secondary N) is 2. The summed E-state index contributed by atoms with van der Waals surface area (Å²) in [7, 11) is 0. The molecule has 1 saturated heterocycles. The summed E-state index contributed by atoms with van der Waals surface area (Å²) in [5, 5.41) is 14.6. The molecule has 0 atom stereocenters. The number of carboxylic acids is 1. The molecule has 1 heterocycles. The van der Waals surface area contributed by atoms with Gasteiger partial charge >= 0.3 is 5.97 Å². The van der Waals surface area contributed by atoms with Crippen molar-refractivity contribution in [2.75, 3.05) is 18.4 Å². The van der Waals surface area contributed by atoms with Gasteiger partial charge in [0.2, 0.25) is 5.91 Å². The fourth-order valence-electron chi connectivity index (χ4n) is 2.13. The average molecular weight is 266 g/mol. The van der Waals surface area contributed by atoms with Gasteiger partial charge in [0, 0.05) is 5.92 Å². The lowest BCUT2D eigenvalue weighted by Crippen LogP contribution is -2.34. The van der Waals surface area contributed by atoms with Crippen LogP contribution in [0.1, 0.15) is 23.2 Å². The summed E-state index contributed by atoms with van der Waals surface area (Å²) in [6.45, 7) is 1.51. The molecule has 1 aromatic rings. The number of rotatable bonds is 3. The molecule has 0 aromatic heterocycles.